The maximum absolute atomic E-state index is 12.1. The number of hydrogen-bond donors (Lipinski definition) is 1. The molecule has 1 unspecified atom stereocenters. The highest BCUT2D eigenvalue weighted by Gasteiger charge is 2.39. The number of carbonyl (C=O) groups excluding carboxylic acids is 1. The quantitative estimate of drug-likeness (QED) is 0.706. The van der Waals surface area contributed by atoms with Crippen LogP contribution < -0.4 is 0 Å². The summed E-state index contributed by atoms with van der Waals surface area (Å²) in [7, 11) is 0. The van der Waals surface area contributed by atoms with Gasteiger partial charge in [0.1, 0.15) is 0 Å². The van der Waals surface area contributed by atoms with Crippen molar-refractivity contribution in [1.29, 1.82) is 0 Å². The molecule has 0 aromatic heterocycles. The van der Waals surface area contributed by atoms with E-state index < -0.39 is 11.4 Å². The largest absolute Gasteiger partial charge is 0.481 e. The highest BCUT2D eigenvalue weighted by atomic mass is 16.4. The fourth-order valence-electron chi connectivity index (χ4n) is 1.62. The van der Waals surface area contributed by atoms with Crippen LogP contribution in [0.3, 0.4) is 0 Å². The standard InChI is InChI=1S/C14H23NO3/c1-6-8-15(9-7-2)12(16)10-14(5,11(3)4)13(17)18/h1,11H,7-10H2,2-5H3,(H,17,18). The van der Waals surface area contributed by atoms with Crippen molar-refractivity contribution in [1.82, 2.24) is 4.90 Å². The number of nitrogens with zero attached hydrogens (tertiary/aromatic N) is 1. The SMILES string of the molecule is C#CCN(CCC)C(=O)CC(C)(C(=O)O)C(C)C. The molecule has 0 aromatic rings. The summed E-state index contributed by atoms with van der Waals surface area (Å²) in [6, 6.07) is 0. The summed E-state index contributed by atoms with van der Waals surface area (Å²) < 4.78 is 0. The first kappa shape index (κ1) is 16.5. The third kappa shape index (κ3) is 4.06. The Kier molecular flexibility index (Phi) is 6.46. The summed E-state index contributed by atoms with van der Waals surface area (Å²) in [6.07, 6.45) is 6.01. The van der Waals surface area contributed by atoms with E-state index in [2.05, 4.69) is 5.92 Å². The Labute approximate surface area is 109 Å². The second-order valence-electron chi connectivity index (χ2n) is 5.07. The van der Waals surface area contributed by atoms with Crippen molar-refractivity contribution < 1.29 is 14.7 Å². The van der Waals surface area contributed by atoms with E-state index in [4.69, 9.17) is 6.42 Å². The van der Waals surface area contributed by atoms with E-state index in [9.17, 15) is 14.7 Å². The van der Waals surface area contributed by atoms with Crippen molar-refractivity contribution >= 4 is 11.9 Å². The zero-order valence-electron chi connectivity index (χ0n) is 11.7. The number of rotatable bonds is 7. The van der Waals surface area contributed by atoms with Gasteiger partial charge in [-0.2, -0.15) is 0 Å². The zero-order chi connectivity index (χ0) is 14.3. The van der Waals surface area contributed by atoms with Gasteiger partial charge < -0.3 is 10.0 Å². The van der Waals surface area contributed by atoms with Gasteiger partial charge in [0.15, 0.2) is 0 Å². The van der Waals surface area contributed by atoms with Gasteiger partial charge in [-0.25, -0.2) is 0 Å². The molecular weight excluding hydrogens is 230 g/mol. The van der Waals surface area contributed by atoms with E-state index in [1.54, 1.807) is 11.8 Å². The molecule has 18 heavy (non-hydrogen) atoms. The predicted molar refractivity (Wildman–Crippen MR) is 70.9 cm³/mol. The molecule has 0 bridgehead atoms. The van der Waals surface area contributed by atoms with Crippen LogP contribution >= 0.6 is 0 Å². The number of carboxylic acid groups (broad SMARTS) is 1. The molecule has 0 aliphatic carbocycles. The van der Waals surface area contributed by atoms with Gasteiger partial charge in [-0.3, -0.25) is 9.59 Å². The lowest BCUT2D eigenvalue weighted by Crippen LogP contribution is -2.41. The fourth-order valence-corrected chi connectivity index (χ4v) is 1.62. The molecule has 0 rings (SSSR count). The second kappa shape index (κ2) is 7.05. The van der Waals surface area contributed by atoms with Crippen LogP contribution in [0.15, 0.2) is 0 Å². The monoisotopic (exact) mass is 253 g/mol. The molecule has 0 aromatic carbocycles. The van der Waals surface area contributed by atoms with Crippen LogP contribution in [0.25, 0.3) is 0 Å². The van der Waals surface area contributed by atoms with E-state index in [0.717, 1.165) is 6.42 Å². The van der Waals surface area contributed by atoms with E-state index >= 15 is 0 Å². The Balaban J connectivity index is 4.89. The van der Waals surface area contributed by atoms with Crippen molar-refractivity contribution in [2.24, 2.45) is 11.3 Å². The molecule has 0 radical (unpaired) electrons. The minimum absolute atomic E-state index is 0.0122. The van der Waals surface area contributed by atoms with Crippen LogP contribution in [0.2, 0.25) is 0 Å². The molecule has 0 aliphatic heterocycles. The third-order valence-corrected chi connectivity index (χ3v) is 3.41. The van der Waals surface area contributed by atoms with Crippen LogP contribution in [0.1, 0.15) is 40.5 Å². The molecule has 102 valence electrons. The molecule has 4 nitrogen and oxygen atoms in total. The topological polar surface area (TPSA) is 57.6 Å². The second-order valence-corrected chi connectivity index (χ2v) is 5.07. The highest BCUT2D eigenvalue weighted by molar-refractivity contribution is 5.85. The van der Waals surface area contributed by atoms with Crippen molar-refractivity contribution in [3.8, 4) is 12.3 Å². The van der Waals surface area contributed by atoms with E-state index in [1.807, 2.05) is 20.8 Å². The third-order valence-electron chi connectivity index (χ3n) is 3.41. The Morgan fingerprint density at radius 3 is 2.33 bits per heavy atom. The molecular formula is C14H23NO3. The van der Waals surface area contributed by atoms with Gasteiger partial charge in [0.05, 0.1) is 12.0 Å². The molecule has 1 amide bonds. The molecule has 4 heteroatoms. The number of amides is 1. The van der Waals surface area contributed by atoms with Gasteiger partial charge in [0, 0.05) is 13.0 Å². The maximum Gasteiger partial charge on any atom is 0.310 e. The van der Waals surface area contributed by atoms with Crippen LogP contribution in [0, 0.1) is 23.7 Å². The summed E-state index contributed by atoms with van der Waals surface area (Å²) in [5, 5.41) is 9.28. The first-order valence-electron chi connectivity index (χ1n) is 6.24. The summed E-state index contributed by atoms with van der Waals surface area (Å²) in [4.78, 5) is 25.0. The highest BCUT2D eigenvalue weighted by Crippen LogP contribution is 2.32. The zero-order valence-corrected chi connectivity index (χ0v) is 11.7. The Morgan fingerprint density at radius 2 is 2.00 bits per heavy atom. The van der Waals surface area contributed by atoms with Crippen LogP contribution in [-0.2, 0) is 9.59 Å². The van der Waals surface area contributed by atoms with Gasteiger partial charge in [-0.1, -0.05) is 26.7 Å². The summed E-state index contributed by atoms with van der Waals surface area (Å²) >= 11 is 0. The number of terminal acetylenes is 1. The Bertz CT molecular complexity index is 343. The minimum atomic E-state index is -1.04. The van der Waals surface area contributed by atoms with Crippen LogP contribution in [-0.4, -0.2) is 35.0 Å². The van der Waals surface area contributed by atoms with E-state index in [1.165, 1.54) is 0 Å². The minimum Gasteiger partial charge on any atom is -0.481 e. The normalized spacial score (nSPS) is 13.8. The van der Waals surface area contributed by atoms with Gasteiger partial charge in [-0.15, -0.1) is 6.42 Å². The molecule has 1 atom stereocenters. The summed E-state index contributed by atoms with van der Waals surface area (Å²) in [5.41, 5.74) is -1.04. The number of hydrogen-bond acceptors (Lipinski definition) is 2. The predicted octanol–water partition coefficient (Wildman–Crippen LogP) is 2.00. The van der Waals surface area contributed by atoms with Gasteiger partial charge in [0.25, 0.3) is 0 Å². The molecule has 0 heterocycles. The number of carbonyl (C=O) groups is 2. The van der Waals surface area contributed by atoms with Gasteiger partial charge in [0.2, 0.25) is 5.91 Å². The maximum atomic E-state index is 12.1. The van der Waals surface area contributed by atoms with Crippen LogP contribution in [0.4, 0.5) is 0 Å². The smallest absolute Gasteiger partial charge is 0.310 e. The number of aliphatic carboxylic acids is 1. The molecule has 1 N–H and O–H groups in total. The average molecular weight is 253 g/mol. The molecule has 0 spiro atoms. The lowest BCUT2D eigenvalue weighted by Gasteiger charge is -2.31. The lowest BCUT2D eigenvalue weighted by molar-refractivity contribution is -0.155. The van der Waals surface area contributed by atoms with E-state index in [-0.39, 0.29) is 24.8 Å². The summed E-state index contributed by atoms with van der Waals surface area (Å²) in [5.74, 6) is 1.19. The fraction of sp³-hybridized carbons (Fsp3) is 0.714. The van der Waals surface area contributed by atoms with Gasteiger partial charge in [-0.05, 0) is 19.3 Å². The van der Waals surface area contributed by atoms with Gasteiger partial charge >= 0.3 is 5.97 Å². The van der Waals surface area contributed by atoms with Crippen molar-refractivity contribution in [3.05, 3.63) is 0 Å². The van der Waals surface area contributed by atoms with Crippen LogP contribution in [0.5, 0.6) is 0 Å². The molecule has 0 aliphatic rings. The van der Waals surface area contributed by atoms with Crippen molar-refractivity contribution in [2.75, 3.05) is 13.1 Å². The summed E-state index contributed by atoms with van der Waals surface area (Å²) in [6.45, 7) is 7.99. The average Bonchev–Trinajstić information content (AvgIpc) is 2.27. The van der Waals surface area contributed by atoms with Crippen molar-refractivity contribution in [3.63, 3.8) is 0 Å². The molecule has 0 saturated heterocycles. The number of carboxylic acids is 1. The first-order chi connectivity index (χ1) is 8.29. The first-order valence-corrected chi connectivity index (χ1v) is 6.24. The lowest BCUT2D eigenvalue weighted by atomic mass is 9.76. The Morgan fingerprint density at radius 1 is 1.44 bits per heavy atom. The van der Waals surface area contributed by atoms with Crippen molar-refractivity contribution in [2.45, 2.75) is 40.5 Å². The Hall–Kier alpha value is -1.50. The van der Waals surface area contributed by atoms with E-state index in [0.29, 0.717) is 6.54 Å². The molecule has 0 fully saturated rings. The molecule has 0 saturated carbocycles.